The maximum absolute atomic E-state index is 12.3. The molecule has 0 aliphatic carbocycles. The molecule has 1 aromatic carbocycles. The van der Waals surface area contributed by atoms with Crippen molar-refractivity contribution >= 4 is 27.8 Å². The lowest BCUT2D eigenvalue weighted by atomic mass is 10.1. The maximum atomic E-state index is 12.3. The zero-order valence-electron chi connectivity index (χ0n) is 11.6. The van der Waals surface area contributed by atoms with Crippen LogP contribution in [0.2, 0.25) is 0 Å². The summed E-state index contributed by atoms with van der Waals surface area (Å²) in [6.45, 7) is 0.678. The van der Waals surface area contributed by atoms with Gasteiger partial charge in [-0.3, -0.25) is 9.59 Å². The number of amides is 1. The minimum absolute atomic E-state index is 0.0729. The van der Waals surface area contributed by atoms with E-state index in [1.807, 2.05) is 24.3 Å². The van der Waals surface area contributed by atoms with E-state index in [2.05, 4.69) is 15.9 Å². The molecule has 5 nitrogen and oxygen atoms in total. The first kappa shape index (κ1) is 16.0. The van der Waals surface area contributed by atoms with Crippen molar-refractivity contribution in [3.63, 3.8) is 0 Å². The van der Waals surface area contributed by atoms with Gasteiger partial charge in [-0.25, -0.2) is 0 Å². The van der Waals surface area contributed by atoms with Crippen LogP contribution in [0.15, 0.2) is 28.7 Å². The van der Waals surface area contributed by atoms with Crippen LogP contribution in [0, 0.1) is 0 Å². The first-order chi connectivity index (χ1) is 10.0. The number of carbonyl (C=O) groups excluding carboxylic acids is 1. The molecule has 6 heteroatoms. The van der Waals surface area contributed by atoms with Crippen molar-refractivity contribution < 1.29 is 19.4 Å². The average Bonchev–Trinajstić information content (AvgIpc) is 2.90. The summed E-state index contributed by atoms with van der Waals surface area (Å²) in [5.74, 6) is -1.19. The molecule has 21 heavy (non-hydrogen) atoms. The van der Waals surface area contributed by atoms with Crippen LogP contribution in [0.5, 0.6) is 0 Å². The van der Waals surface area contributed by atoms with Crippen molar-refractivity contribution in [2.24, 2.45) is 0 Å². The summed E-state index contributed by atoms with van der Waals surface area (Å²) in [6.07, 6.45) is 2.00. The van der Waals surface area contributed by atoms with E-state index in [1.165, 1.54) is 4.90 Å². The molecule has 1 N–H and O–H groups in total. The van der Waals surface area contributed by atoms with E-state index in [9.17, 15) is 9.59 Å². The van der Waals surface area contributed by atoms with Gasteiger partial charge in [-0.05, 0) is 30.5 Å². The maximum Gasteiger partial charge on any atom is 0.323 e. The van der Waals surface area contributed by atoms with Gasteiger partial charge in [-0.15, -0.1) is 0 Å². The van der Waals surface area contributed by atoms with Gasteiger partial charge in [-0.2, -0.15) is 0 Å². The van der Waals surface area contributed by atoms with E-state index in [0.717, 1.165) is 22.9 Å². The number of halogens is 1. The number of hydrogen-bond acceptors (Lipinski definition) is 3. The highest BCUT2D eigenvalue weighted by Crippen LogP contribution is 2.18. The largest absolute Gasteiger partial charge is 0.480 e. The van der Waals surface area contributed by atoms with E-state index in [0.29, 0.717) is 6.61 Å². The van der Waals surface area contributed by atoms with Gasteiger partial charge in [0.25, 0.3) is 0 Å². The summed E-state index contributed by atoms with van der Waals surface area (Å²) in [5.41, 5.74) is 0.895. The lowest BCUT2D eigenvalue weighted by Gasteiger charge is -2.22. The van der Waals surface area contributed by atoms with E-state index in [-0.39, 0.29) is 31.5 Å². The molecule has 1 aliphatic heterocycles. The molecule has 0 radical (unpaired) electrons. The molecule has 0 bridgehead atoms. The molecule has 1 atom stereocenters. The molecule has 1 aromatic rings. The second-order valence-corrected chi connectivity index (χ2v) is 6.03. The Hall–Kier alpha value is -1.40. The van der Waals surface area contributed by atoms with E-state index in [4.69, 9.17) is 9.84 Å². The van der Waals surface area contributed by atoms with Crippen LogP contribution in [0.4, 0.5) is 0 Å². The molecule has 2 rings (SSSR count). The fraction of sp³-hybridized carbons (Fsp3) is 0.467. The Morgan fingerprint density at radius 1 is 1.43 bits per heavy atom. The van der Waals surface area contributed by atoms with Crippen LogP contribution in [0.1, 0.15) is 24.8 Å². The van der Waals surface area contributed by atoms with E-state index >= 15 is 0 Å². The fourth-order valence-corrected chi connectivity index (χ4v) is 2.83. The molecular weight excluding hydrogens is 338 g/mol. The van der Waals surface area contributed by atoms with Crippen LogP contribution < -0.4 is 0 Å². The standard InChI is InChI=1S/C15H18BrNO4/c16-12-4-1-3-11(7-12)9-17(10-15(19)20)14(18)8-13-5-2-6-21-13/h1,3-4,7,13H,2,5-6,8-10H2,(H,19,20). The summed E-state index contributed by atoms with van der Waals surface area (Å²) in [5, 5.41) is 8.99. The molecule has 1 saturated heterocycles. The van der Waals surface area contributed by atoms with Gasteiger partial charge in [0.05, 0.1) is 12.5 Å². The Morgan fingerprint density at radius 3 is 2.86 bits per heavy atom. The summed E-state index contributed by atoms with van der Waals surface area (Å²) in [6, 6.07) is 7.51. The Kier molecular flexibility index (Phi) is 5.76. The summed E-state index contributed by atoms with van der Waals surface area (Å²) >= 11 is 3.37. The monoisotopic (exact) mass is 355 g/mol. The van der Waals surface area contributed by atoms with Crippen molar-refractivity contribution in [3.8, 4) is 0 Å². The quantitative estimate of drug-likeness (QED) is 0.850. The Morgan fingerprint density at radius 2 is 2.24 bits per heavy atom. The third-order valence-corrected chi connectivity index (χ3v) is 3.86. The molecule has 1 heterocycles. The van der Waals surface area contributed by atoms with Gasteiger partial charge in [0.15, 0.2) is 0 Å². The first-order valence-electron chi connectivity index (χ1n) is 6.90. The topological polar surface area (TPSA) is 66.8 Å². The smallest absolute Gasteiger partial charge is 0.323 e. The van der Waals surface area contributed by atoms with Crippen LogP contribution >= 0.6 is 15.9 Å². The van der Waals surface area contributed by atoms with Crippen LogP contribution in [0.3, 0.4) is 0 Å². The van der Waals surface area contributed by atoms with Gasteiger partial charge >= 0.3 is 5.97 Å². The zero-order valence-corrected chi connectivity index (χ0v) is 13.2. The van der Waals surface area contributed by atoms with Gasteiger partial charge in [0.1, 0.15) is 6.54 Å². The number of carboxylic acid groups (broad SMARTS) is 1. The SMILES string of the molecule is O=C(O)CN(Cc1cccc(Br)c1)C(=O)CC1CCCO1. The van der Waals surface area contributed by atoms with Crippen molar-refractivity contribution in [1.82, 2.24) is 4.90 Å². The fourth-order valence-electron chi connectivity index (χ4n) is 2.38. The number of rotatable bonds is 6. The molecule has 1 aliphatic rings. The second kappa shape index (κ2) is 7.56. The van der Waals surface area contributed by atoms with Crippen molar-refractivity contribution in [2.75, 3.05) is 13.2 Å². The van der Waals surface area contributed by atoms with Crippen LogP contribution in [-0.4, -0.2) is 41.1 Å². The molecule has 0 saturated carbocycles. The summed E-state index contributed by atoms with van der Waals surface area (Å²) < 4.78 is 6.35. The summed E-state index contributed by atoms with van der Waals surface area (Å²) in [4.78, 5) is 24.6. The minimum Gasteiger partial charge on any atom is -0.480 e. The number of aliphatic carboxylic acids is 1. The average molecular weight is 356 g/mol. The number of nitrogens with zero attached hydrogens (tertiary/aromatic N) is 1. The Labute approximate surface area is 132 Å². The third kappa shape index (κ3) is 5.13. The lowest BCUT2D eigenvalue weighted by molar-refractivity contribution is -0.145. The molecule has 1 fully saturated rings. The number of hydrogen-bond donors (Lipinski definition) is 1. The third-order valence-electron chi connectivity index (χ3n) is 3.37. The molecule has 0 spiro atoms. The number of benzene rings is 1. The number of carbonyl (C=O) groups is 2. The van der Waals surface area contributed by atoms with E-state index in [1.54, 1.807) is 0 Å². The van der Waals surface area contributed by atoms with Gasteiger partial charge in [-0.1, -0.05) is 28.1 Å². The normalized spacial score (nSPS) is 17.7. The lowest BCUT2D eigenvalue weighted by Crippen LogP contribution is -2.36. The highest BCUT2D eigenvalue weighted by atomic mass is 79.9. The van der Waals surface area contributed by atoms with Crippen molar-refractivity contribution in [1.29, 1.82) is 0 Å². The molecule has 114 valence electrons. The number of carboxylic acids is 1. The summed E-state index contributed by atoms with van der Waals surface area (Å²) in [7, 11) is 0. The number of ether oxygens (including phenoxy) is 1. The van der Waals surface area contributed by atoms with Crippen LogP contribution in [0.25, 0.3) is 0 Å². The zero-order chi connectivity index (χ0) is 15.2. The van der Waals surface area contributed by atoms with Gasteiger partial charge in [0, 0.05) is 17.6 Å². The highest BCUT2D eigenvalue weighted by molar-refractivity contribution is 9.10. The highest BCUT2D eigenvalue weighted by Gasteiger charge is 2.24. The first-order valence-corrected chi connectivity index (χ1v) is 7.69. The Balaban J connectivity index is 2.02. The van der Waals surface area contributed by atoms with Crippen molar-refractivity contribution in [2.45, 2.75) is 31.9 Å². The Bertz CT molecular complexity index is 514. The second-order valence-electron chi connectivity index (χ2n) is 5.11. The minimum atomic E-state index is -1.01. The molecule has 1 unspecified atom stereocenters. The molecular formula is C15H18BrNO4. The van der Waals surface area contributed by atoms with Crippen LogP contribution in [-0.2, 0) is 20.9 Å². The predicted molar refractivity (Wildman–Crippen MR) is 80.8 cm³/mol. The predicted octanol–water partition coefficient (Wildman–Crippen LogP) is 2.43. The van der Waals surface area contributed by atoms with Gasteiger partial charge < -0.3 is 14.7 Å². The molecule has 0 aromatic heterocycles. The van der Waals surface area contributed by atoms with Gasteiger partial charge in [0.2, 0.25) is 5.91 Å². The van der Waals surface area contributed by atoms with E-state index < -0.39 is 5.97 Å². The van der Waals surface area contributed by atoms with Crippen molar-refractivity contribution in [3.05, 3.63) is 34.3 Å². The molecule has 1 amide bonds.